The van der Waals surface area contributed by atoms with Crippen molar-refractivity contribution in [2.24, 2.45) is 5.73 Å². The number of hydrogen-bond donors (Lipinski definition) is 2. The van der Waals surface area contributed by atoms with Gasteiger partial charge in [-0.15, -0.1) is 11.3 Å². The van der Waals surface area contributed by atoms with Crippen LogP contribution in [0.25, 0.3) is 16.9 Å². The van der Waals surface area contributed by atoms with Crippen LogP contribution in [-0.4, -0.2) is 38.5 Å². The van der Waals surface area contributed by atoms with E-state index in [1.807, 2.05) is 6.92 Å². The van der Waals surface area contributed by atoms with Crippen molar-refractivity contribution in [3.8, 4) is 11.3 Å². The molecule has 3 N–H and O–H groups in total. The van der Waals surface area contributed by atoms with Gasteiger partial charge in [0.05, 0.1) is 28.5 Å². The van der Waals surface area contributed by atoms with E-state index >= 15 is 0 Å². The zero-order valence-electron chi connectivity index (χ0n) is 16.9. The van der Waals surface area contributed by atoms with Crippen LogP contribution in [-0.2, 0) is 12.6 Å². The van der Waals surface area contributed by atoms with Crippen molar-refractivity contribution in [3.63, 3.8) is 0 Å². The van der Waals surface area contributed by atoms with Crippen LogP contribution < -0.4 is 11.1 Å². The van der Waals surface area contributed by atoms with Gasteiger partial charge >= 0.3 is 6.18 Å². The van der Waals surface area contributed by atoms with Crippen LogP contribution in [0.4, 0.5) is 22.0 Å². The summed E-state index contributed by atoms with van der Waals surface area (Å²) in [6, 6.07) is 0.0965. The molecule has 3 aromatic rings. The lowest BCUT2D eigenvalue weighted by Gasteiger charge is -2.36. The van der Waals surface area contributed by atoms with Crippen molar-refractivity contribution in [3.05, 3.63) is 39.8 Å². The third-order valence-corrected chi connectivity index (χ3v) is 6.81. The van der Waals surface area contributed by atoms with E-state index in [4.69, 9.17) is 5.73 Å². The average Bonchev–Trinajstić information content (AvgIpc) is 3.33. The van der Waals surface area contributed by atoms with E-state index in [1.54, 1.807) is 0 Å². The summed E-state index contributed by atoms with van der Waals surface area (Å²) in [5, 5.41) is 6.24. The first-order valence-electron chi connectivity index (χ1n) is 9.99. The van der Waals surface area contributed by atoms with E-state index in [0.29, 0.717) is 36.7 Å². The maximum atomic E-state index is 14.3. The lowest BCUT2D eigenvalue weighted by atomic mass is 9.87. The molecule has 6 nitrogen and oxygen atoms in total. The monoisotopic (exact) mass is 473 g/mol. The Morgan fingerprint density at radius 2 is 2.09 bits per heavy atom. The number of alkyl halides is 5. The topological polar surface area (TPSA) is 85.3 Å². The number of nitrogens with zero attached hydrogens (tertiary/aromatic N) is 3. The molecule has 1 amide bonds. The van der Waals surface area contributed by atoms with Gasteiger partial charge in [0.25, 0.3) is 11.8 Å². The van der Waals surface area contributed by atoms with Gasteiger partial charge in [0.15, 0.2) is 5.65 Å². The molecule has 1 saturated carbocycles. The van der Waals surface area contributed by atoms with Gasteiger partial charge in [-0.2, -0.15) is 18.3 Å². The fraction of sp³-hybridized carbons (Fsp3) is 0.450. The Hall–Kier alpha value is -2.60. The highest BCUT2D eigenvalue weighted by Crippen LogP contribution is 2.36. The molecule has 12 heteroatoms. The summed E-state index contributed by atoms with van der Waals surface area (Å²) in [4.78, 5) is 17.7. The number of fused-ring (bicyclic) bond motifs is 1. The number of halogens is 5. The van der Waals surface area contributed by atoms with Crippen molar-refractivity contribution in [2.75, 3.05) is 0 Å². The van der Waals surface area contributed by atoms with Crippen molar-refractivity contribution >= 4 is 22.9 Å². The second-order valence-electron chi connectivity index (χ2n) is 7.72. The lowest BCUT2D eigenvalue weighted by molar-refractivity contribution is -0.137. The van der Waals surface area contributed by atoms with E-state index < -0.39 is 35.7 Å². The van der Waals surface area contributed by atoms with Crippen LogP contribution >= 0.6 is 11.3 Å². The summed E-state index contributed by atoms with van der Waals surface area (Å²) < 4.78 is 68.6. The Kier molecular flexibility index (Phi) is 5.70. The molecule has 0 radical (unpaired) electrons. The summed E-state index contributed by atoms with van der Waals surface area (Å²) in [7, 11) is 0. The molecule has 3 heterocycles. The van der Waals surface area contributed by atoms with Crippen LogP contribution in [0, 0.1) is 0 Å². The highest BCUT2D eigenvalue weighted by molar-refractivity contribution is 7.14. The Morgan fingerprint density at radius 1 is 1.34 bits per heavy atom. The minimum atomic E-state index is -4.55. The van der Waals surface area contributed by atoms with Gasteiger partial charge in [0.1, 0.15) is 6.04 Å². The summed E-state index contributed by atoms with van der Waals surface area (Å²) in [6.07, 6.45) is -1.61. The third kappa shape index (κ3) is 4.08. The smallest absolute Gasteiger partial charge is 0.341 e. The lowest BCUT2D eigenvalue weighted by Crippen LogP contribution is -2.59. The van der Waals surface area contributed by atoms with Crippen molar-refractivity contribution in [2.45, 2.75) is 56.8 Å². The average molecular weight is 473 g/mol. The maximum absolute atomic E-state index is 14.3. The van der Waals surface area contributed by atoms with Gasteiger partial charge in [-0.1, -0.05) is 6.92 Å². The molecule has 1 aliphatic rings. The first kappa shape index (κ1) is 22.6. The zero-order chi connectivity index (χ0) is 23.3. The Morgan fingerprint density at radius 3 is 2.75 bits per heavy atom. The number of carbonyl (C=O) groups is 1. The summed E-state index contributed by atoms with van der Waals surface area (Å²) in [6.45, 7) is 1.85. The first-order chi connectivity index (χ1) is 15.0. The normalized spacial score (nSPS) is 21.1. The van der Waals surface area contributed by atoms with Crippen molar-refractivity contribution < 1.29 is 26.7 Å². The van der Waals surface area contributed by atoms with Gasteiger partial charge in [-0.3, -0.25) is 4.79 Å². The number of amides is 1. The fourth-order valence-electron chi connectivity index (χ4n) is 3.87. The molecule has 1 fully saturated rings. The summed E-state index contributed by atoms with van der Waals surface area (Å²) in [5.74, 6) is -3.76. The quantitative estimate of drug-likeness (QED) is 0.554. The zero-order valence-corrected chi connectivity index (χ0v) is 17.7. The highest BCUT2D eigenvalue weighted by atomic mass is 32.1. The molecule has 4 rings (SSSR count). The molecule has 3 aromatic heterocycles. The number of aryl methyl sites for hydroxylation is 1. The molecular weight excluding hydrogens is 453 g/mol. The second kappa shape index (κ2) is 8.07. The number of aromatic nitrogens is 3. The number of thiophene rings is 1. The molecule has 2 atom stereocenters. The van der Waals surface area contributed by atoms with E-state index in [-0.39, 0.29) is 16.9 Å². The third-order valence-electron chi connectivity index (χ3n) is 5.54. The van der Waals surface area contributed by atoms with E-state index in [9.17, 15) is 26.7 Å². The number of carbonyl (C=O) groups excluding carboxylic acids is 1. The van der Waals surface area contributed by atoms with Crippen LogP contribution in [0.5, 0.6) is 0 Å². The predicted molar refractivity (Wildman–Crippen MR) is 109 cm³/mol. The Bertz CT molecular complexity index is 1160. The molecule has 0 bridgehead atoms. The summed E-state index contributed by atoms with van der Waals surface area (Å²) in [5.41, 5.74) is 5.87. The van der Waals surface area contributed by atoms with Gasteiger partial charge in [0, 0.05) is 22.9 Å². The molecular formula is C20H20F5N5OS. The molecule has 32 heavy (non-hydrogen) atoms. The molecule has 1 aliphatic carbocycles. The minimum absolute atomic E-state index is 0.00176. The fourth-order valence-corrected chi connectivity index (χ4v) is 4.88. The van der Waals surface area contributed by atoms with Crippen LogP contribution in [0.1, 0.15) is 46.3 Å². The van der Waals surface area contributed by atoms with Gasteiger partial charge in [0.2, 0.25) is 0 Å². The molecule has 0 aromatic carbocycles. The van der Waals surface area contributed by atoms with E-state index in [2.05, 4.69) is 15.4 Å². The van der Waals surface area contributed by atoms with Crippen LogP contribution in [0.2, 0.25) is 0 Å². The largest absolute Gasteiger partial charge is 0.418 e. The van der Waals surface area contributed by atoms with Crippen LogP contribution in [0.15, 0.2) is 24.5 Å². The second-order valence-corrected chi connectivity index (χ2v) is 8.86. The Labute approximate surface area is 183 Å². The number of nitrogens with two attached hydrogens (primary N) is 1. The van der Waals surface area contributed by atoms with Gasteiger partial charge in [-0.05, 0) is 31.4 Å². The summed E-state index contributed by atoms with van der Waals surface area (Å²) >= 11 is 1.13. The Balaban J connectivity index is 1.66. The van der Waals surface area contributed by atoms with E-state index in [1.165, 1.54) is 16.8 Å². The van der Waals surface area contributed by atoms with Gasteiger partial charge in [-0.25, -0.2) is 18.3 Å². The van der Waals surface area contributed by atoms with Gasteiger partial charge < -0.3 is 11.1 Å². The number of hydrogen-bond acceptors (Lipinski definition) is 5. The molecule has 0 spiro atoms. The highest BCUT2D eigenvalue weighted by Gasteiger charge is 2.46. The number of rotatable bonds is 4. The minimum Gasteiger partial charge on any atom is -0.341 e. The molecule has 0 saturated heterocycles. The van der Waals surface area contributed by atoms with Crippen LogP contribution in [0.3, 0.4) is 0 Å². The predicted octanol–water partition coefficient (Wildman–Crippen LogP) is 4.28. The number of nitrogens with one attached hydrogen (secondary N) is 1. The first-order valence-corrected chi connectivity index (χ1v) is 10.8. The molecule has 172 valence electrons. The number of imidazole rings is 1. The van der Waals surface area contributed by atoms with Crippen molar-refractivity contribution in [1.29, 1.82) is 0 Å². The molecule has 0 aliphatic heterocycles. The maximum Gasteiger partial charge on any atom is 0.418 e. The molecule has 0 unspecified atom stereocenters. The standard InChI is InChI=1S/C20H20F5N5OS/c1-2-14-11(13-9-27-16-6-10(20(23,24)25)8-28-30(13)16)7-15(32-14)18(31)29-17-12(26)4-3-5-19(17,21)22/h6-9,12,17H,2-5,26H2,1H3,(H,29,31)/t12-,17+/m0/s1. The SMILES string of the molecule is CCc1sc(C(=O)N[C@@H]2[C@@H](N)CCCC2(F)F)cc1-c1cnc2cc(C(F)(F)F)cnn12. The van der Waals surface area contributed by atoms with E-state index in [0.717, 1.165) is 22.3 Å². The van der Waals surface area contributed by atoms with Crippen molar-refractivity contribution in [1.82, 2.24) is 19.9 Å².